The van der Waals surface area contributed by atoms with Crippen LogP contribution in [0.5, 0.6) is 11.5 Å². The van der Waals surface area contributed by atoms with E-state index in [-0.39, 0.29) is 0 Å². The summed E-state index contributed by atoms with van der Waals surface area (Å²) in [6, 6.07) is 11.0. The number of ether oxygens (including phenoxy) is 2. The van der Waals surface area contributed by atoms with Gasteiger partial charge in [0.15, 0.2) is 0 Å². The van der Waals surface area contributed by atoms with Gasteiger partial charge in [0.25, 0.3) is 0 Å². The fraction of sp³-hybridized carbons (Fsp3) is 0.655. The lowest BCUT2D eigenvalue weighted by atomic mass is 10.0. The van der Waals surface area contributed by atoms with Crippen molar-refractivity contribution in [2.75, 3.05) is 126 Å². The molecule has 2 saturated carbocycles. The first kappa shape index (κ1) is 49.1. The van der Waals surface area contributed by atoms with Gasteiger partial charge in [0.1, 0.15) is 23.1 Å². The Morgan fingerprint density at radius 2 is 0.847 bits per heavy atom. The zero-order chi connectivity index (χ0) is 48.6. The van der Waals surface area contributed by atoms with Gasteiger partial charge in [-0.2, -0.15) is 9.97 Å². The minimum atomic E-state index is 0.445. The molecule has 0 atom stereocenters. The van der Waals surface area contributed by atoms with Crippen LogP contribution in [0.3, 0.4) is 0 Å². The summed E-state index contributed by atoms with van der Waals surface area (Å²) in [6.45, 7) is 15.8. The third kappa shape index (κ3) is 12.3. The fourth-order valence-electron chi connectivity index (χ4n) is 12.0. The molecule has 4 aromatic rings. The molecule has 6 saturated heterocycles. The van der Waals surface area contributed by atoms with Crippen molar-refractivity contribution < 1.29 is 9.47 Å². The molecule has 0 radical (unpaired) electrons. The van der Waals surface area contributed by atoms with Crippen LogP contribution in [-0.4, -0.2) is 170 Å². The zero-order valence-corrected chi connectivity index (χ0v) is 43.5. The molecular weight excluding hydrogens is 897 g/mol. The highest BCUT2D eigenvalue weighted by Gasteiger charge is 2.34. The Labute approximate surface area is 429 Å². The lowest BCUT2D eigenvalue weighted by Gasteiger charge is -2.33. The highest BCUT2D eigenvalue weighted by atomic mass is 16.5. The van der Waals surface area contributed by atoms with Gasteiger partial charge < -0.3 is 49.5 Å². The molecule has 8 heterocycles. The van der Waals surface area contributed by atoms with Crippen molar-refractivity contribution >= 4 is 45.3 Å². The van der Waals surface area contributed by atoms with Crippen LogP contribution in [0.25, 0.3) is 21.8 Å². The average Bonchev–Trinajstić information content (AvgIpc) is 4.04. The molecule has 0 unspecified atom stereocenters. The number of hydrogen-bond donors (Lipinski definition) is 2. The third-order valence-corrected chi connectivity index (χ3v) is 16.6. The summed E-state index contributed by atoms with van der Waals surface area (Å²) in [5.74, 6) is 18.7. The summed E-state index contributed by atoms with van der Waals surface area (Å²) in [6.07, 6.45) is 22.1. The van der Waals surface area contributed by atoms with Gasteiger partial charge in [0.05, 0.1) is 36.4 Å². The number of nitrogens with one attached hydrogen (secondary N) is 2. The number of likely N-dealkylation sites (tertiary alicyclic amines) is 4. The van der Waals surface area contributed by atoms with E-state index in [0.717, 1.165) is 132 Å². The minimum absolute atomic E-state index is 0.445. The van der Waals surface area contributed by atoms with Crippen molar-refractivity contribution in [3.05, 3.63) is 35.4 Å². The molecular formula is C58H80N12O2. The Balaban J connectivity index is 0.000000156. The van der Waals surface area contributed by atoms with Crippen LogP contribution in [0.15, 0.2) is 24.3 Å². The molecule has 0 spiro atoms. The maximum atomic E-state index is 5.79. The van der Waals surface area contributed by atoms with Crippen LogP contribution < -0.4 is 29.9 Å². The van der Waals surface area contributed by atoms with E-state index in [0.29, 0.717) is 12.1 Å². The van der Waals surface area contributed by atoms with Crippen LogP contribution in [0.1, 0.15) is 127 Å². The van der Waals surface area contributed by atoms with E-state index in [1.54, 1.807) is 14.2 Å². The quantitative estimate of drug-likeness (QED) is 0.118. The van der Waals surface area contributed by atoms with Gasteiger partial charge >= 0.3 is 0 Å². The summed E-state index contributed by atoms with van der Waals surface area (Å²) in [7, 11) is 3.47. The number of fused-ring (bicyclic) bond motifs is 2. The molecule has 8 aliphatic rings. The van der Waals surface area contributed by atoms with Gasteiger partial charge in [-0.05, 0) is 153 Å². The number of nitrogens with zero attached hydrogens (tertiary/aromatic N) is 10. The van der Waals surface area contributed by atoms with Gasteiger partial charge in [-0.15, -0.1) is 0 Å². The van der Waals surface area contributed by atoms with Gasteiger partial charge in [0, 0.05) is 113 Å². The molecule has 12 rings (SSSR count). The number of aromatic nitrogens is 4. The first-order valence-electron chi connectivity index (χ1n) is 28.3. The Kier molecular flexibility index (Phi) is 16.0. The van der Waals surface area contributed by atoms with Crippen LogP contribution in [0.2, 0.25) is 0 Å². The number of anilines is 4. The molecule has 72 heavy (non-hydrogen) atoms. The van der Waals surface area contributed by atoms with Crippen LogP contribution in [0, 0.1) is 23.7 Å². The molecule has 0 bridgehead atoms. The second-order valence-corrected chi connectivity index (χ2v) is 21.8. The van der Waals surface area contributed by atoms with E-state index >= 15 is 0 Å². The Morgan fingerprint density at radius 1 is 0.472 bits per heavy atom. The minimum Gasteiger partial charge on any atom is -0.495 e. The van der Waals surface area contributed by atoms with E-state index in [4.69, 9.17) is 29.4 Å². The van der Waals surface area contributed by atoms with Gasteiger partial charge in [0.2, 0.25) is 11.9 Å². The first-order valence-corrected chi connectivity index (χ1v) is 28.3. The van der Waals surface area contributed by atoms with Crippen molar-refractivity contribution in [3.63, 3.8) is 0 Å². The van der Waals surface area contributed by atoms with Gasteiger partial charge in [-0.3, -0.25) is 0 Å². The highest BCUT2D eigenvalue weighted by molar-refractivity contribution is 5.94. The molecule has 2 aromatic heterocycles. The summed E-state index contributed by atoms with van der Waals surface area (Å²) in [5.41, 5.74) is 3.74. The van der Waals surface area contributed by atoms with Crippen molar-refractivity contribution in [2.24, 2.45) is 0 Å². The van der Waals surface area contributed by atoms with E-state index < -0.39 is 0 Å². The van der Waals surface area contributed by atoms with Crippen molar-refractivity contribution in [2.45, 2.75) is 140 Å². The second kappa shape index (κ2) is 23.4. The van der Waals surface area contributed by atoms with Crippen LogP contribution >= 0.6 is 0 Å². The van der Waals surface area contributed by atoms with Crippen molar-refractivity contribution in [1.29, 1.82) is 0 Å². The largest absolute Gasteiger partial charge is 0.495 e. The number of benzene rings is 2. The molecule has 14 nitrogen and oxygen atoms in total. The first-order chi connectivity index (χ1) is 35.5. The average molecular weight is 977 g/mol. The SMILES string of the molecule is COc1cc2c(NC3CCN(C4CC4)CC3)nc(N3CCCC3)nc2cc1C#CCCN1CCCC1.COc1cc2c(NC3CCN(C4CC4)CC3)nc(N3CCCC3)nc2cc1C#CCCN1CCCC1. The number of hydrogen-bond acceptors (Lipinski definition) is 14. The van der Waals surface area contributed by atoms with E-state index in [1.807, 2.05) is 0 Å². The smallest absolute Gasteiger partial charge is 0.227 e. The molecule has 2 N–H and O–H groups in total. The lowest BCUT2D eigenvalue weighted by Crippen LogP contribution is -2.40. The summed E-state index contributed by atoms with van der Waals surface area (Å²) in [5, 5.41) is 9.70. The normalized spacial score (nSPS) is 21.6. The molecule has 6 aliphatic heterocycles. The molecule has 384 valence electrons. The number of piperidine rings is 2. The number of rotatable bonds is 14. The summed E-state index contributed by atoms with van der Waals surface area (Å²) >= 11 is 0. The Morgan fingerprint density at radius 3 is 1.21 bits per heavy atom. The maximum absolute atomic E-state index is 5.79. The molecule has 14 heteroatoms. The predicted octanol–water partition coefficient (Wildman–Crippen LogP) is 8.23. The van der Waals surface area contributed by atoms with E-state index in [9.17, 15) is 0 Å². The monoisotopic (exact) mass is 977 g/mol. The highest BCUT2D eigenvalue weighted by Crippen LogP contribution is 2.36. The summed E-state index contributed by atoms with van der Waals surface area (Å²) < 4.78 is 11.6. The standard InChI is InChI=1S/2C29H40N6O/c2*1-36-27-21-25-26(20-22(27)8-2-3-13-33-14-4-5-15-33)31-29(35-16-6-7-17-35)32-28(25)30-23-11-18-34(19-12-23)24-9-10-24/h2*20-21,23-24H,3-7,9-19H2,1H3,(H,30,31,32). The molecule has 2 aromatic carbocycles. The van der Waals surface area contributed by atoms with Crippen molar-refractivity contribution in [3.8, 4) is 35.2 Å². The van der Waals surface area contributed by atoms with Crippen LogP contribution in [0.4, 0.5) is 23.5 Å². The van der Waals surface area contributed by atoms with Crippen LogP contribution in [-0.2, 0) is 0 Å². The van der Waals surface area contributed by atoms with E-state index in [1.165, 1.54) is 155 Å². The van der Waals surface area contributed by atoms with E-state index in [2.05, 4.69) is 88.0 Å². The Hall–Kier alpha value is -5.12. The fourth-order valence-corrected chi connectivity index (χ4v) is 12.0. The maximum Gasteiger partial charge on any atom is 0.227 e. The second-order valence-electron chi connectivity index (χ2n) is 21.8. The zero-order valence-electron chi connectivity index (χ0n) is 43.5. The van der Waals surface area contributed by atoms with Gasteiger partial charge in [-0.25, -0.2) is 9.97 Å². The van der Waals surface area contributed by atoms with Crippen molar-refractivity contribution in [1.82, 2.24) is 39.5 Å². The lowest BCUT2D eigenvalue weighted by molar-refractivity contribution is 0.210. The molecule has 8 fully saturated rings. The topological polar surface area (TPSA) is 114 Å². The third-order valence-electron chi connectivity index (χ3n) is 16.6. The van der Waals surface area contributed by atoms with Gasteiger partial charge in [-0.1, -0.05) is 23.7 Å². The predicted molar refractivity (Wildman–Crippen MR) is 292 cm³/mol. The Bertz CT molecular complexity index is 2410. The molecule has 0 amide bonds. The summed E-state index contributed by atoms with van der Waals surface area (Å²) in [4.78, 5) is 35.2. The number of methoxy groups -OCH3 is 2. The molecule has 2 aliphatic carbocycles.